The van der Waals surface area contributed by atoms with Gasteiger partial charge in [0.05, 0.1) is 22.2 Å². The summed E-state index contributed by atoms with van der Waals surface area (Å²) in [6, 6.07) is 23.7. The van der Waals surface area contributed by atoms with E-state index < -0.39 is 5.91 Å². The van der Waals surface area contributed by atoms with Gasteiger partial charge in [0.15, 0.2) is 0 Å². The van der Waals surface area contributed by atoms with Crippen LogP contribution in [0.5, 0.6) is 0 Å². The molecule has 3 aliphatic rings. The Kier molecular flexibility index (Phi) is 7.49. The van der Waals surface area contributed by atoms with E-state index in [1.54, 1.807) is 36.4 Å². The van der Waals surface area contributed by atoms with E-state index in [-0.39, 0.29) is 22.7 Å². The number of rotatable bonds is 7. The van der Waals surface area contributed by atoms with Crippen molar-refractivity contribution in [2.24, 2.45) is 5.73 Å². The number of imidazole rings is 1. The smallest absolute Gasteiger partial charge is 0.254 e. The first kappa shape index (κ1) is 28.7. The quantitative estimate of drug-likeness (QED) is 0.284. The van der Waals surface area contributed by atoms with Crippen molar-refractivity contribution in [1.82, 2.24) is 19.4 Å². The Morgan fingerprint density at radius 2 is 1.59 bits per heavy atom. The van der Waals surface area contributed by atoms with Crippen molar-refractivity contribution in [1.29, 1.82) is 0 Å². The lowest BCUT2D eigenvalue weighted by Gasteiger charge is -2.45. The molecule has 0 radical (unpaired) electrons. The molecule has 3 aromatic carbocycles. The molecule has 2 amide bonds. The summed E-state index contributed by atoms with van der Waals surface area (Å²) in [7, 11) is 0. The van der Waals surface area contributed by atoms with Crippen LogP contribution in [-0.4, -0.2) is 62.9 Å². The Balaban J connectivity index is 1.08. The zero-order valence-corrected chi connectivity index (χ0v) is 25.3. The molecule has 8 heteroatoms. The third-order valence-corrected chi connectivity index (χ3v) is 10.7. The molecule has 2 N–H and O–H groups in total. The molecule has 1 aromatic heterocycles. The van der Waals surface area contributed by atoms with Gasteiger partial charge < -0.3 is 15.2 Å². The molecule has 2 bridgehead atoms. The van der Waals surface area contributed by atoms with Crippen LogP contribution in [0.4, 0.5) is 4.39 Å². The topological polar surface area (TPSA) is 84.5 Å². The number of primary amides is 1. The van der Waals surface area contributed by atoms with Crippen molar-refractivity contribution in [3.63, 3.8) is 0 Å². The number of likely N-dealkylation sites (tertiary alicyclic amines) is 1. The lowest BCUT2D eigenvalue weighted by atomic mass is 9.70. The number of carbonyl (C=O) groups excluding carboxylic acids is 2. The van der Waals surface area contributed by atoms with Gasteiger partial charge in [0, 0.05) is 31.2 Å². The van der Waals surface area contributed by atoms with E-state index >= 15 is 0 Å². The number of hydrogen-bond donors (Lipinski definition) is 1. The van der Waals surface area contributed by atoms with Crippen molar-refractivity contribution in [2.75, 3.05) is 19.6 Å². The molecule has 228 valence electrons. The van der Waals surface area contributed by atoms with Crippen LogP contribution in [0.3, 0.4) is 0 Å². The predicted octanol–water partition coefficient (Wildman–Crippen LogP) is 6.01. The molecule has 1 unspecified atom stereocenters. The van der Waals surface area contributed by atoms with Crippen LogP contribution in [0, 0.1) is 12.7 Å². The maximum atomic E-state index is 14.6. The average Bonchev–Trinajstić information content (AvgIpc) is 3.50. The molecule has 3 aliphatic heterocycles. The Hall–Kier alpha value is -4.04. The summed E-state index contributed by atoms with van der Waals surface area (Å²) in [6.07, 6.45) is 7.06. The Bertz CT molecular complexity index is 1690. The standard InChI is InChI=1S/C36H40FN5O2/c1-24-39-32-11-4-5-12-33(32)42(24)29-22-27-13-14-28(23-29)41(27)20-17-36(25-7-6-8-26(37)21-25)15-18-40(19-16-36)35(44)31-10-3-2-9-30(31)34(38)43/h2-12,21,27-29H,13-20,22-23H2,1H3,(H2,38,43)/t27-,28+,29?. The number of para-hydroxylation sites is 2. The second kappa shape index (κ2) is 11.5. The van der Waals surface area contributed by atoms with Gasteiger partial charge in [-0.3, -0.25) is 14.5 Å². The Labute approximate surface area is 257 Å². The number of piperidine rings is 2. The maximum absolute atomic E-state index is 14.6. The van der Waals surface area contributed by atoms with Crippen molar-refractivity contribution < 1.29 is 14.0 Å². The van der Waals surface area contributed by atoms with E-state index in [1.807, 2.05) is 4.90 Å². The van der Waals surface area contributed by atoms with Gasteiger partial charge in [-0.05, 0) is 106 Å². The normalized spacial score (nSPS) is 23.2. The zero-order chi connectivity index (χ0) is 30.4. The third kappa shape index (κ3) is 5.09. The number of amides is 2. The minimum atomic E-state index is -0.602. The fourth-order valence-electron chi connectivity index (χ4n) is 8.48. The van der Waals surface area contributed by atoms with Crippen LogP contribution in [0.2, 0.25) is 0 Å². The van der Waals surface area contributed by atoms with Crippen molar-refractivity contribution in [3.8, 4) is 0 Å². The number of aryl methyl sites for hydroxylation is 1. The first-order valence-corrected chi connectivity index (χ1v) is 16.0. The molecule has 7 rings (SSSR count). The molecule has 44 heavy (non-hydrogen) atoms. The highest BCUT2D eigenvalue weighted by molar-refractivity contribution is 6.06. The number of nitrogens with two attached hydrogens (primary N) is 1. The van der Waals surface area contributed by atoms with Gasteiger partial charge >= 0.3 is 0 Å². The lowest BCUT2D eigenvalue weighted by molar-refractivity contribution is 0.0603. The van der Waals surface area contributed by atoms with E-state index in [9.17, 15) is 14.0 Å². The first-order chi connectivity index (χ1) is 21.3. The minimum absolute atomic E-state index is 0.172. The summed E-state index contributed by atoms with van der Waals surface area (Å²) in [5.41, 5.74) is 9.25. The van der Waals surface area contributed by atoms with E-state index in [0.717, 1.165) is 55.6 Å². The largest absolute Gasteiger partial charge is 0.366 e. The third-order valence-electron chi connectivity index (χ3n) is 10.7. The zero-order valence-electron chi connectivity index (χ0n) is 25.3. The molecule has 3 atom stereocenters. The van der Waals surface area contributed by atoms with Gasteiger partial charge in [-0.15, -0.1) is 0 Å². The fourth-order valence-corrected chi connectivity index (χ4v) is 8.48. The van der Waals surface area contributed by atoms with Gasteiger partial charge in [0.25, 0.3) is 5.91 Å². The highest BCUT2D eigenvalue weighted by Gasteiger charge is 2.44. The first-order valence-electron chi connectivity index (χ1n) is 16.0. The SMILES string of the molecule is Cc1nc2ccccc2n1C1C[C@H]2CC[C@@H](C1)N2CCC1(c2cccc(F)c2)CCN(C(=O)c2ccccc2C(N)=O)CC1. The molecule has 0 aliphatic carbocycles. The van der Waals surface area contributed by atoms with Crippen molar-refractivity contribution >= 4 is 22.8 Å². The molecule has 0 saturated carbocycles. The minimum Gasteiger partial charge on any atom is -0.366 e. The maximum Gasteiger partial charge on any atom is 0.254 e. The van der Waals surface area contributed by atoms with E-state index in [1.165, 1.54) is 24.4 Å². The number of aromatic nitrogens is 2. The summed E-state index contributed by atoms with van der Waals surface area (Å²) in [5, 5.41) is 0. The number of nitrogens with zero attached hydrogens (tertiary/aromatic N) is 4. The Morgan fingerprint density at radius 3 is 2.30 bits per heavy atom. The van der Waals surface area contributed by atoms with Crippen LogP contribution >= 0.6 is 0 Å². The molecule has 0 spiro atoms. The number of carbonyl (C=O) groups is 2. The second-order valence-electron chi connectivity index (χ2n) is 13.0. The summed E-state index contributed by atoms with van der Waals surface area (Å²) in [6.45, 7) is 4.18. The number of halogens is 1. The molecule has 4 aromatic rings. The van der Waals surface area contributed by atoms with Crippen LogP contribution in [0.1, 0.15) is 83.1 Å². The molecular weight excluding hydrogens is 553 g/mol. The van der Waals surface area contributed by atoms with Gasteiger partial charge in [0.2, 0.25) is 5.91 Å². The van der Waals surface area contributed by atoms with Gasteiger partial charge in [-0.1, -0.05) is 36.4 Å². The molecule has 3 fully saturated rings. The van der Waals surface area contributed by atoms with E-state index in [0.29, 0.717) is 36.8 Å². The summed E-state index contributed by atoms with van der Waals surface area (Å²) in [4.78, 5) is 34.9. The van der Waals surface area contributed by atoms with Gasteiger partial charge in [-0.2, -0.15) is 0 Å². The van der Waals surface area contributed by atoms with E-state index in [2.05, 4.69) is 46.7 Å². The number of benzene rings is 3. The molecule has 3 saturated heterocycles. The van der Waals surface area contributed by atoms with Crippen LogP contribution in [0.15, 0.2) is 72.8 Å². The van der Waals surface area contributed by atoms with Crippen LogP contribution in [0.25, 0.3) is 11.0 Å². The molecule has 4 heterocycles. The molecule has 7 nitrogen and oxygen atoms in total. The van der Waals surface area contributed by atoms with Crippen molar-refractivity contribution in [2.45, 2.75) is 75.4 Å². The average molecular weight is 594 g/mol. The number of fused-ring (bicyclic) bond motifs is 3. The Morgan fingerprint density at radius 1 is 0.909 bits per heavy atom. The summed E-state index contributed by atoms with van der Waals surface area (Å²) >= 11 is 0. The summed E-state index contributed by atoms with van der Waals surface area (Å²) < 4.78 is 17.0. The monoisotopic (exact) mass is 593 g/mol. The lowest BCUT2D eigenvalue weighted by Crippen LogP contribution is -2.49. The molecular formula is C36H40FN5O2. The predicted molar refractivity (Wildman–Crippen MR) is 169 cm³/mol. The second-order valence-corrected chi connectivity index (χ2v) is 13.0. The van der Waals surface area contributed by atoms with Crippen molar-refractivity contribution in [3.05, 3.63) is 101 Å². The van der Waals surface area contributed by atoms with Crippen LogP contribution in [-0.2, 0) is 5.41 Å². The number of hydrogen-bond acceptors (Lipinski definition) is 4. The van der Waals surface area contributed by atoms with Gasteiger partial charge in [0.1, 0.15) is 11.6 Å². The van der Waals surface area contributed by atoms with Crippen LogP contribution < -0.4 is 5.73 Å². The fraction of sp³-hybridized carbons (Fsp3) is 0.417. The van der Waals surface area contributed by atoms with E-state index in [4.69, 9.17) is 10.7 Å². The highest BCUT2D eigenvalue weighted by Crippen LogP contribution is 2.45. The highest BCUT2D eigenvalue weighted by atomic mass is 19.1. The van der Waals surface area contributed by atoms with Gasteiger partial charge in [-0.25, -0.2) is 9.37 Å². The summed E-state index contributed by atoms with van der Waals surface area (Å²) in [5.74, 6) is 0.0953.